The number of carbonyl (C=O) groups is 1. The largest absolute Gasteiger partial charge is 0.335 e. The van der Waals surface area contributed by atoms with Crippen LogP contribution in [0.2, 0.25) is 5.02 Å². The van der Waals surface area contributed by atoms with Crippen LogP contribution in [0.15, 0.2) is 35.4 Å². The van der Waals surface area contributed by atoms with Crippen molar-refractivity contribution in [1.82, 2.24) is 24.7 Å². The van der Waals surface area contributed by atoms with Crippen LogP contribution in [0.5, 0.6) is 0 Å². The molecule has 1 aromatic carbocycles. The van der Waals surface area contributed by atoms with Gasteiger partial charge in [-0.2, -0.15) is 9.97 Å². The average molecular weight is 393 g/mol. The molecule has 0 fully saturated rings. The zero-order valence-electron chi connectivity index (χ0n) is 13.7. The summed E-state index contributed by atoms with van der Waals surface area (Å²) in [6.45, 7) is 3.24. The number of rotatable bonds is 3. The van der Waals surface area contributed by atoms with E-state index in [0.717, 1.165) is 0 Å². The van der Waals surface area contributed by atoms with E-state index in [-0.39, 0.29) is 21.4 Å². The molecule has 2 amide bonds. The topological polar surface area (TPSA) is 127 Å². The van der Waals surface area contributed by atoms with Crippen molar-refractivity contribution in [2.45, 2.75) is 18.7 Å². The molecule has 0 spiro atoms. The van der Waals surface area contributed by atoms with Crippen LogP contribution in [0.1, 0.15) is 11.6 Å². The molecule has 3 rings (SSSR count). The molecule has 9 nitrogen and oxygen atoms in total. The second-order valence-corrected chi connectivity index (χ2v) is 7.29. The molecule has 11 heteroatoms. The Hall–Kier alpha value is -2.85. The number of nitrogens with zero attached hydrogens (tertiary/aromatic N) is 4. The van der Waals surface area contributed by atoms with E-state index < -0.39 is 16.1 Å². The molecule has 0 aliphatic heterocycles. The third-order valence-electron chi connectivity index (χ3n) is 3.26. The van der Waals surface area contributed by atoms with Gasteiger partial charge in [0.25, 0.3) is 10.0 Å². The Bertz CT molecular complexity index is 1100. The van der Waals surface area contributed by atoms with Crippen LogP contribution in [0.25, 0.3) is 10.9 Å². The first-order valence-corrected chi connectivity index (χ1v) is 9.19. The minimum absolute atomic E-state index is 0.0525. The van der Waals surface area contributed by atoms with Crippen LogP contribution >= 0.6 is 11.6 Å². The van der Waals surface area contributed by atoms with Crippen molar-refractivity contribution < 1.29 is 13.2 Å². The van der Waals surface area contributed by atoms with Crippen molar-refractivity contribution in [2.75, 3.05) is 5.32 Å². The maximum atomic E-state index is 12.7. The molecule has 0 aliphatic rings. The molecule has 0 saturated carbocycles. The van der Waals surface area contributed by atoms with Crippen molar-refractivity contribution in [1.29, 1.82) is 0 Å². The minimum Gasteiger partial charge on any atom is -0.275 e. The van der Waals surface area contributed by atoms with Crippen molar-refractivity contribution in [3.05, 3.63) is 47.1 Å². The van der Waals surface area contributed by atoms with Crippen LogP contribution in [0, 0.1) is 13.8 Å². The molecule has 2 N–H and O–H groups in total. The molecular weight excluding hydrogens is 380 g/mol. The summed E-state index contributed by atoms with van der Waals surface area (Å²) in [5, 5.41) is 2.78. The molecular formula is C15H13ClN6O3S. The van der Waals surface area contributed by atoms with E-state index in [9.17, 15) is 13.2 Å². The van der Waals surface area contributed by atoms with Gasteiger partial charge in [-0.25, -0.2) is 22.9 Å². The number of sulfonamides is 1. The lowest BCUT2D eigenvalue weighted by atomic mass is 10.2. The average Bonchev–Trinajstić information content (AvgIpc) is 2.52. The first-order chi connectivity index (χ1) is 12.3. The number of hydrogen-bond acceptors (Lipinski definition) is 7. The Labute approximate surface area is 153 Å². The van der Waals surface area contributed by atoms with Crippen molar-refractivity contribution >= 4 is 44.5 Å². The molecule has 0 atom stereocenters. The highest BCUT2D eigenvalue weighted by molar-refractivity contribution is 7.90. The molecule has 0 saturated heterocycles. The molecule has 0 aliphatic carbocycles. The summed E-state index contributed by atoms with van der Waals surface area (Å²) in [7, 11) is -4.28. The van der Waals surface area contributed by atoms with E-state index in [0.29, 0.717) is 17.0 Å². The van der Waals surface area contributed by atoms with Crippen LogP contribution < -0.4 is 10.0 Å². The van der Waals surface area contributed by atoms with E-state index in [1.165, 1.54) is 12.3 Å². The Kier molecular flexibility index (Phi) is 4.70. The number of hydrogen-bond donors (Lipinski definition) is 2. The SMILES string of the molecule is Cc1nc(C)nc(NC(=O)NS(=O)(=O)c2c(Cl)ccc3cccnc23)n1. The maximum absolute atomic E-state index is 12.7. The minimum atomic E-state index is -4.28. The lowest BCUT2D eigenvalue weighted by Gasteiger charge is -2.11. The van der Waals surface area contributed by atoms with E-state index in [1.807, 2.05) is 4.72 Å². The highest BCUT2D eigenvalue weighted by atomic mass is 35.5. The molecule has 26 heavy (non-hydrogen) atoms. The first-order valence-electron chi connectivity index (χ1n) is 7.32. The smallest absolute Gasteiger partial charge is 0.275 e. The molecule has 3 aromatic rings. The quantitative estimate of drug-likeness (QED) is 0.699. The monoisotopic (exact) mass is 392 g/mol. The standard InChI is InChI=1S/C15H13ClN6O3S/c1-8-18-9(2)20-14(19-8)21-15(23)22-26(24,25)13-11(16)6-5-10-4-3-7-17-12(10)13/h3-7H,1-2H3,(H2,18,19,20,21,22,23). The fraction of sp³-hybridized carbons (Fsp3) is 0.133. The number of fused-ring (bicyclic) bond motifs is 1. The lowest BCUT2D eigenvalue weighted by molar-refractivity contribution is 0.256. The summed E-state index contributed by atoms with van der Waals surface area (Å²) in [6.07, 6.45) is 1.44. The summed E-state index contributed by atoms with van der Waals surface area (Å²) >= 11 is 6.05. The van der Waals surface area contributed by atoms with Gasteiger partial charge in [0.2, 0.25) is 5.95 Å². The van der Waals surface area contributed by atoms with Crippen molar-refractivity contribution in [2.24, 2.45) is 0 Å². The summed E-state index contributed by atoms with van der Waals surface area (Å²) < 4.78 is 27.2. The predicted molar refractivity (Wildman–Crippen MR) is 95.4 cm³/mol. The maximum Gasteiger partial charge on any atom is 0.335 e. The fourth-order valence-electron chi connectivity index (χ4n) is 2.32. The van der Waals surface area contributed by atoms with Gasteiger partial charge in [0, 0.05) is 11.6 Å². The number of pyridine rings is 1. The third kappa shape index (κ3) is 3.70. The van der Waals surface area contributed by atoms with Gasteiger partial charge in [-0.15, -0.1) is 0 Å². The van der Waals surface area contributed by atoms with Gasteiger partial charge in [-0.1, -0.05) is 23.7 Å². The van der Waals surface area contributed by atoms with Crippen LogP contribution in [0.3, 0.4) is 0 Å². The van der Waals surface area contributed by atoms with Gasteiger partial charge in [-0.05, 0) is 26.0 Å². The van der Waals surface area contributed by atoms with Gasteiger partial charge >= 0.3 is 6.03 Å². The number of carbonyl (C=O) groups excluding carboxylic acids is 1. The van der Waals surface area contributed by atoms with Gasteiger partial charge in [0.1, 0.15) is 16.5 Å². The summed E-state index contributed by atoms with van der Waals surface area (Å²) in [4.78, 5) is 27.7. The fourth-order valence-corrected chi connectivity index (χ4v) is 3.93. The van der Waals surface area contributed by atoms with Gasteiger partial charge < -0.3 is 0 Å². The molecule has 0 radical (unpaired) electrons. The molecule has 0 unspecified atom stereocenters. The summed E-state index contributed by atoms with van der Waals surface area (Å²) in [5.41, 5.74) is 0.159. The number of urea groups is 1. The van der Waals surface area contributed by atoms with Crippen LogP contribution in [-0.2, 0) is 10.0 Å². The van der Waals surface area contributed by atoms with E-state index in [1.54, 1.807) is 32.0 Å². The number of nitrogens with one attached hydrogen (secondary N) is 2. The number of aromatic nitrogens is 4. The van der Waals surface area contributed by atoms with E-state index in [2.05, 4.69) is 25.3 Å². The number of amides is 2. The Morgan fingerprint density at radius 3 is 2.46 bits per heavy atom. The molecule has 0 bridgehead atoms. The Morgan fingerprint density at radius 1 is 1.08 bits per heavy atom. The summed E-state index contributed by atoms with van der Waals surface area (Å²) in [6, 6.07) is 5.39. The van der Waals surface area contributed by atoms with Crippen molar-refractivity contribution in [3.63, 3.8) is 0 Å². The number of benzene rings is 1. The number of halogens is 1. The highest BCUT2D eigenvalue weighted by Crippen LogP contribution is 2.28. The van der Waals surface area contributed by atoms with Crippen LogP contribution in [-0.4, -0.2) is 34.4 Å². The second kappa shape index (κ2) is 6.81. The van der Waals surface area contributed by atoms with Crippen LogP contribution in [0.4, 0.5) is 10.7 Å². The van der Waals surface area contributed by atoms with Crippen molar-refractivity contribution in [3.8, 4) is 0 Å². The zero-order valence-corrected chi connectivity index (χ0v) is 15.3. The molecule has 2 heterocycles. The van der Waals surface area contributed by atoms with Gasteiger partial charge in [0.05, 0.1) is 10.5 Å². The Balaban J connectivity index is 1.92. The number of anilines is 1. The second-order valence-electron chi connectivity index (χ2n) is 5.26. The lowest BCUT2D eigenvalue weighted by Crippen LogP contribution is -2.35. The number of aryl methyl sites for hydroxylation is 2. The van der Waals surface area contributed by atoms with Gasteiger partial charge in [0.15, 0.2) is 0 Å². The first kappa shape index (κ1) is 18.0. The third-order valence-corrected chi connectivity index (χ3v) is 5.09. The zero-order chi connectivity index (χ0) is 18.9. The Morgan fingerprint density at radius 2 is 1.77 bits per heavy atom. The highest BCUT2D eigenvalue weighted by Gasteiger charge is 2.25. The summed E-state index contributed by atoms with van der Waals surface area (Å²) in [5.74, 6) is 0.707. The van der Waals surface area contributed by atoms with E-state index in [4.69, 9.17) is 11.6 Å². The molecule has 2 aromatic heterocycles. The normalized spacial score (nSPS) is 11.3. The molecule has 134 valence electrons. The van der Waals surface area contributed by atoms with E-state index >= 15 is 0 Å². The van der Waals surface area contributed by atoms with Gasteiger partial charge in [-0.3, -0.25) is 10.3 Å². The predicted octanol–water partition coefficient (Wildman–Crippen LogP) is 2.20.